The molecule has 1 aliphatic heterocycles. The van der Waals surface area contributed by atoms with E-state index in [4.69, 9.17) is 18.5 Å². The maximum Gasteiger partial charge on any atom is 0.406 e. The van der Waals surface area contributed by atoms with Gasteiger partial charge in [-0.05, 0) is 27.7 Å². The molecule has 0 unspecified atom stereocenters. The molecule has 4 atom stereocenters. The first-order valence-corrected chi connectivity index (χ1v) is 7.75. The second-order valence-corrected chi connectivity index (χ2v) is 6.44. The van der Waals surface area contributed by atoms with Gasteiger partial charge in [0.25, 0.3) is 0 Å². The van der Waals surface area contributed by atoms with Gasteiger partial charge in [-0.1, -0.05) is 0 Å². The molecular weight excluding hydrogens is 273 g/mol. The fraction of sp³-hybridized carbons (Fsp3) is 0.909. The second kappa shape index (κ2) is 6.81. The lowest BCUT2D eigenvalue weighted by molar-refractivity contribution is -0.149. The third-order valence-corrected chi connectivity index (χ3v) is 4.40. The lowest BCUT2D eigenvalue weighted by Gasteiger charge is -2.34. The van der Waals surface area contributed by atoms with Crippen molar-refractivity contribution in [3.8, 4) is 0 Å². The minimum Gasteiger partial charge on any atom is -0.462 e. The number of carbonyl (C=O) groups is 1. The molecule has 1 fully saturated rings. The molecule has 0 aromatic heterocycles. The van der Waals surface area contributed by atoms with Crippen molar-refractivity contribution in [1.29, 1.82) is 0 Å². The number of rotatable bonds is 5. The molecule has 7 nitrogen and oxygen atoms in total. The summed E-state index contributed by atoms with van der Waals surface area (Å²) < 4.78 is 32.9. The number of hydrogen-bond acceptors (Lipinski definition) is 6. The van der Waals surface area contributed by atoms with Gasteiger partial charge in [0.1, 0.15) is 12.1 Å². The Hall–Kier alpha value is -0.460. The number of nitrogens with one attached hydrogen (secondary N) is 1. The Kier molecular flexibility index (Phi) is 5.95. The van der Waals surface area contributed by atoms with Gasteiger partial charge in [-0.15, -0.1) is 0 Å². The van der Waals surface area contributed by atoms with Crippen LogP contribution in [0.5, 0.6) is 0 Å². The van der Waals surface area contributed by atoms with E-state index in [1.54, 1.807) is 27.7 Å². The molecule has 112 valence electrons. The molecule has 1 aliphatic rings. The van der Waals surface area contributed by atoms with E-state index in [9.17, 15) is 9.36 Å². The molecule has 0 aromatic rings. The second-order valence-electron chi connectivity index (χ2n) is 4.71. The van der Waals surface area contributed by atoms with E-state index in [0.29, 0.717) is 0 Å². The van der Waals surface area contributed by atoms with Crippen LogP contribution in [0.3, 0.4) is 0 Å². The summed E-state index contributed by atoms with van der Waals surface area (Å²) in [6.07, 6.45) is -0.894. The maximum atomic E-state index is 12.3. The third-order valence-electron chi connectivity index (χ3n) is 2.60. The van der Waals surface area contributed by atoms with E-state index in [1.165, 1.54) is 7.11 Å². The van der Waals surface area contributed by atoms with Gasteiger partial charge in [0.2, 0.25) is 0 Å². The SMILES string of the molecule is CO[C@@H]1CO[P@@](=O)(N[C@@H](C)C(=O)OC(C)C)O[C@H]1C. The zero-order chi connectivity index (χ0) is 14.6. The van der Waals surface area contributed by atoms with Crippen LogP contribution < -0.4 is 5.09 Å². The Labute approximate surface area is 113 Å². The largest absolute Gasteiger partial charge is 0.462 e. The van der Waals surface area contributed by atoms with Crippen LogP contribution in [-0.2, 0) is 27.9 Å². The Morgan fingerprint density at radius 1 is 1.42 bits per heavy atom. The molecule has 0 saturated carbocycles. The van der Waals surface area contributed by atoms with Crippen LogP contribution >= 0.6 is 7.75 Å². The minimum atomic E-state index is -3.50. The van der Waals surface area contributed by atoms with Crippen LogP contribution in [0.2, 0.25) is 0 Å². The summed E-state index contributed by atoms with van der Waals surface area (Å²) in [7, 11) is -1.98. The highest BCUT2D eigenvalue weighted by atomic mass is 31.2. The lowest BCUT2D eigenvalue weighted by atomic mass is 10.2. The van der Waals surface area contributed by atoms with Gasteiger partial charge in [-0.25, -0.2) is 9.65 Å². The third kappa shape index (κ3) is 4.85. The van der Waals surface area contributed by atoms with E-state index >= 15 is 0 Å². The smallest absolute Gasteiger partial charge is 0.406 e. The van der Waals surface area contributed by atoms with Crippen LogP contribution in [0.4, 0.5) is 0 Å². The molecule has 0 radical (unpaired) electrons. The molecular formula is C11H22NO6P. The molecule has 1 rings (SSSR count). The number of ether oxygens (including phenoxy) is 2. The van der Waals surface area contributed by atoms with Gasteiger partial charge in [0.05, 0.1) is 18.8 Å². The molecule has 0 amide bonds. The average Bonchev–Trinajstić information content (AvgIpc) is 2.27. The Morgan fingerprint density at radius 3 is 2.53 bits per heavy atom. The summed E-state index contributed by atoms with van der Waals surface area (Å²) in [6.45, 7) is 6.91. The monoisotopic (exact) mass is 295 g/mol. The Bertz CT molecular complexity index is 361. The van der Waals surface area contributed by atoms with E-state index in [1.807, 2.05) is 0 Å². The summed E-state index contributed by atoms with van der Waals surface area (Å²) in [4.78, 5) is 11.6. The van der Waals surface area contributed by atoms with Gasteiger partial charge in [0.15, 0.2) is 0 Å². The van der Waals surface area contributed by atoms with E-state index in [2.05, 4.69) is 5.09 Å². The maximum absolute atomic E-state index is 12.3. The van der Waals surface area contributed by atoms with Gasteiger partial charge in [0, 0.05) is 7.11 Å². The molecule has 8 heteroatoms. The predicted octanol–water partition coefficient (Wildman–Crippen LogP) is 1.47. The fourth-order valence-electron chi connectivity index (χ4n) is 1.58. The highest BCUT2D eigenvalue weighted by Crippen LogP contribution is 2.49. The standard InChI is InChI=1S/C11H22NO6P/c1-7(2)17-11(13)8(3)12-19(14)16-6-10(15-5)9(4)18-19/h7-10H,6H2,1-5H3,(H,12,14)/t8-,9-,10+,19-/m0/s1. The van der Waals surface area contributed by atoms with Gasteiger partial charge in [-0.3, -0.25) is 13.8 Å². The van der Waals surface area contributed by atoms with Crippen molar-refractivity contribution in [2.45, 2.75) is 52.0 Å². The fourth-order valence-corrected chi connectivity index (χ4v) is 3.27. The van der Waals surface area contributed by atoms with Crippen molar-refractivity contribution in [1.82, 2.24) is 5.09 Å². The molecule has 0 aromatic carbocycles. The number of hydrogen-bond donors (Lipinski definition) is 1. The molecule has 0 spiro atoms. The Morgan fingerprint density at radius 2 is 2.05 bits per heavy atom. The average molecular weight is 295 g/mol. The van der Waals surface area contributed by atoms with E-state index < -0.39 is 19.8 Å². The van der Waals surface area contributed by atoms with Crippen molar-refractivity contribution >= 4 is 13.7 Å². The zero-order valence-electron chi connectivity index (χ0n) is 11.9. The van der Waals surface area contributed by atoms with Gasteiger partial charge >= 0.3 is 13.7 Å². The summed E-state index contributed by atoms with van der Waals surface area (Å²) in [5.41, 5.74) is 0. The van der Waals surface area contributed by atoms with Crippen LogP contribution in [0.1, 0.15) is 27.7 Å². The van der Waals surface area contributed by atoms with Crippen molar-refractivity contribution in [3.63, 3.8) is 0 Å². The number of carbonyl (C=O) groups excluding carboxylic acids is 1. The first-order chi connectivity index (χ1) is 8.77. The molecule has 0 aliphatic carbocycles. The predicted molar refractivity (Wildman–Crippen MR) is 68.7 cm³/mol. The first kappa shape index (κ1) is 16.6. The summed E-state index contributed by atoms with van der Waals surface area (Å²) in [6, 6.07) is -0.778. The highest BCUT2D eigenvalue weighted by Gasteiger charge is 2.39. The summed E-state index contributed by atoms with van der Waals surface area (Å²) in [5, 5.41) is 2.56. The molecule has 19 heavy (non-hydrogen) atoms. The van der Waals surface area contributed by atoms with Gasteiger partial charge in [-0.2, -0.15) is 0 Å². The molecule has 1 N–H and O–H groups in total. The van der Waals surface area contributed by atoms with E-state index in [-0.39, 0.29) is 24.9 Å². The Balaban J connectivity index is 2.56. The van der Waals surface area contributed by atoms with Crippen molar-refractivity contribution < 1.29 is 27.9 Å². The summed E-state index contributed by atoms with van der Waals surface area (Å²) >= 11 is 0. The topological polar surface area (TPSA) is 83.1 Å². The zero-order valence-corrected chi connectivity index (χ0v) is 12.8. The normalized spacial score (nSPS) is 33.2. The quantitative estimate of drug-likeness (QED) is 0.607. The molecule has 1 saturated heterocycles. The minimum absolute atomic E-state index is 0.147. The summed E-state index contributed by atoms with van der Waals surface area (Å²) in [5.74, 6) is -0.501. The lowest BCUT2D eigenvalue weighted by Crippen LogP contribution is -2.42. The number of esters is 1. The van der Waals surface area contributed by atoms with Crippen LogP contribution in [0, 0.1) is 0 Å². The number of methoxy groups -OCH3 is 1. The van der Waals surface area contributed by atoms with Crippen molar-refractivity contribution in [2.75, 3.05) is 13.7 Å². The first-order valence-electron chi connectivity index (χ1n) is 6.21. The van der Waals surface area contributed by atoms with E-state index in [0.717, 1.165) is 0 Å². The van der Waals surface area contributed by atoms with Crippen molar-refractivity contribution in [3.05, 3.63) is 0 Å². The van der Waals surface area contributed by atoms with Crippen molar-refractivity contribution in [2.24, 2.45) is 0 Å². The van der Waals surface area contributed by atoms with Crippen LogP contribution in [0.15, 0.2) is 0 Å². The van der Waals surface area contributed by atoms with Crippen LogP contribution in [-0.4, -0.2) is 44.0 Å². The molecule has 1 heterocycles. The van der Waals surface area contributed by atoms with Crippen LogP contribution in [0.25, 0.3) is 0 Å². The molecule has 0 bridgehead atoms. The highest BCUT2D eigenvalue weighted by molar-refractivity contribution is 7.51. The van der Waals surface area contributed by atoms with Gasteiger partial charge < -0.3 is 9.47 Å².